The van der Waals surface area contributed by atoms with Gasteiger partial charge in [-0.3, -0.25) is 0 Å². The molecule has 2 unspecified atom stereocenters. The third-order valence-electron chi connectivity index (χ3n) is 3.61. The third-order valence-corrected chi connectivity index (χ3v) is 3.61. The van der Waals surface area contributed by atoms with E-state index in [1.807, 2.05) is 13.8 Å². The molecule has 0 radical (unpaired) electrons. The first-order valence-electron chi connectivity index (χ1n) is 6.84. The maximum Gasteiger partial charge on any atom is 0.148 e. The fraction of sp³-hybridized carbons (Fsp3) is 0.692. The zero-order chi connectivity index (χ0) is 13.8. The number of aryl methyl sites for hydroxylation is 1. The number of ether oxygens (including phenoxy) is 1. The number of rotatable bonds is 4. The molecule has 0 aliphatic carbocycles. The normalized spacial score (nSPS) is 23.2. The summed E-state index contributed by atoms with van der Waals surface area (Å²) in [6, 6.07) is 0.387. The number of aromatic nitrogens is 2. The van der Waals surface area contributed by atoms with E-state index >= 15 is 0 Å². The van der Waals surface area contributed by atoms with Crippen LogP contribution >= 0.6 is 0 Å². The fourth-order valence-electron chi connectivity index (χ4n) is 2.27. The summed E-state index contributed by atoms with van der Waals surface area (Å²) in [4.78, 5) is 8.94. The summed E-state index contributed by atoms with van der Waals surface area (Å²) >= 11 is 0. The molecule has 4 N–H and O–H groups in total. The number of anilines is 2. The summed E-state index contributed by atoms with van der Waals surface area (Å²) in [6.45, 7) is 7.79. The minimum absolute atomic E-state index is 0.387. The first-order chi connectivity index (χ1) is 9.15. The molecular formula is C13H23N5O. The van der Waals surface area contributed by atoms with Gasteiger partial charge in [-0.25, -0.2) is 15.8 Å². The lowest BCUT2D eigenvalue weighted by atomic mass is 9.98. The molecule has 6 heteroatoms. The molecule has 0 spiro atoms. The standard InChI is InChI=1S/C13H23N5O/c1-4-11-16-12(9(3)13(17-11)18-14)15-10-5-6-19-7-8(10)2/h8,10H,4-7,14H2,1-3H3,(H2,15,16,17,18). The van der Waals surface area contributed by atoms with Gasteiger partial charge in [0.1, 0.15) is 17.5 Å². The number of hydrazine groups is 1. The molecule has 1 saturated heterocycles. The summed E-state index contributed by atoms with van der Waals surface area (Å²) < 4.78 is 5.46. The Morgan fingerprint density at radius 3 is 2.74 bits per heavy atom. The topological polar surface area (TPSA) is 85.1 Å². The lowest BCUT2D eigenvalue weighted by Crippen LogP contribution is -2.36. The summed E-state index contributed by atoms with van der Waals surface area (Å²) in [7, 11) is 0. The molecule has 1 aromatic rings. The minimum atomic E-state index is 0.387. The van der Waals surface area contributed by atoms with Crippen molar-refractivity contribution in [2.24, 2.45) is 11.8 Å². The Morgan fingerprint density at radius 2 is 2.11 bits per heavy atom. The van der Waals surface area contributed by atoms with Crippen LogP contribution in [0.1, 0.15) is 31.7 Å². The Bertz CT molecular complexity index is 437. The molecule has 6 nitrogen and oxygen atoms in total. The van der Waals surface area contributed by atoms with Gasteiger partial charge in [-0.2, -0.15) is 0 Å². The van der Waals surface area contributed by atoms with E-state index in [4.69, 9.17) is 10.6 Å². The summed E-state index contributed by atoms with van der Waals surface area (Å²) in [5.41, 5.74) is 3.60. The van der Waals surface area contributed by atoms with Crippen molar-refractivity contribution in [1.82, 2.24) is 9.97 Å². The van der Waals surface area contributed by atoms with Gasteiger partial charge in [-0.1, -0.05) is 13.8 Å². The summed E-state index contributed by atoms with van der Waals surface area (Å²) in [5.74, 6) is 8.35. The lowest BCUT2D eigenvalue weighted by Gasteiger charge is -2.30. The SMILES string of the molecule is CCc1nc(NN)c(C)c(NC2CCOCC2C)n1. The number of nitrogens with zero attached hydrogens (tertiary/aromatic N) is 2. The van der Waals surface area contributed by atoms with Crippen LogP contribution in [0.3, 0.4) is 0 Å². The highest BCUT2D eigenvalue weighted by molar-refractivity contribution is 5.57. The van der Waals surface area contributed by atoms with Crippen molar-refractivity contribution in [2.75, 3.05) is 24.0 Å². The lowest BCUT2D eigenvalue weighted by molar-refractivity contribution is 0.0536. The van der Waals surface area contributed by atoms with Gasteiger partial charge in [0, 0.05) is 24.6 Å². The predicted octanol–water partition coefficient (Wildman–Crippen LogP) is 1.47. The Kier molecular flexibility index (Phi) is 4.55. The van der Waals surface area contributed by atoms with Crippen LogP contribution in [-0.4, -0.2) is 29.2 Å². The highest BCUT2D eigenvalue weighted by atomic mass is 16.5. The molecule has 106 valence electrons. The van der Waals surface area contributed by atoms with Crippen LogP contribution in [-0.2, 0) is 11.2 Å². The van der Waals surface area contributed by atoms with Crippen LogP contribution in [0.2, 0.25) is 0 Å². The highest BCUT2D eigenvalue weighted by Crippen LogP contribution is 2.24. The molecule has 2 rings (SSSR count). The molecular weight excluding hydrogens is 242 g/mol. The minimum Gasteiger partial charge on any atom is -0.381 e. The number of hydrogen-bond donors (Lipinski definition) is 3. The largest absolute Gasteiger partial charge is 0.381 e. The fourth-order valence-corrected chi connectivity index (χ4v) is 2.27. The highest BCUT2D eigenvalue weighted by Gasteiger charge is 2.23. The summed E-state index contributed by atoms with van der Waals surface area (Å²) in [6.07, 6.45) is 1.78. The molecule has 1 fully saturated rings. The number of nitrogen functional groups attached to an aromatic ring is 1. The van der Waals surface area contributed by atoms with Crippen LogP contribution in [0.4, 0.5) is 11.6 Å². The molecule has 19 heavy (non-hydrogen) atoms. The molecule has 0 saturated carbocycles. The van der Waals surface area contributed by atoms with Crippen molar-refractivity contribution in [3.8, 4) is 0 Å². The van der Waals surface area contributed by atoms with Crippen molar-refractivity contribution in [3.63, 3.8) is 0 Å². The van der Waals surface area contributed by atoms with Crippen molar-refractivity contribution in [2.45, 2.75) is 39.7 Å². The molecule has 2 atom stereocenters. The van der Waals surface area contributed by atoms with Crippen molar-refractivity contribution in [3.05, 3.63) is 11.4 Å². The molecule has 0 amide bonds. The second-order valence-electron chi connectivity index (χ2n) is 5.05. The van der Waals surface area contributed by atoms with Crippen LogP contribution in [0, 0.1) is 12.8 Å². The average molecular weight is 265 g/mol. The zero-order valence-corrected chi connectivity index (χ0v) is 11.9. The van der Waals surface area contributed by atoms with Gasteiger partial charge in [-0.15, -0.1) is 0 Å². The van der Waals surface area contributed by atoms with E-state index in [-0.39, 0.29) is 0 Å². The molecule has 1 aliphatic rings. The van der Waals surface area contributed by atoms with E-state index in [0.717, 1.165) is 43.3 Å². The number of nitrogens with one attached hydrogen (secondary N) is 2. The predicted molar refractivity (Wildman–Crippen MR) is 76.0 cm³/mol. The van der Waals surface area contributed by atoms with Crippen molar-refractivity contribution < 1.29 is 4.74 Å². The molecule has 1 aliphatic heterocycles. The van der Waals surface area contributed by atoms with Crippen LogP contribution in [0.5, 0.6) is 0 Å². The first kappa shape index (κ1) is 14.0. The Hall–Kier alpha value is -1.40. The molecule has 0 bridgehead atoms. The van der Waals surface area contributed by atoms with Crippen molar-refractivity contribution >= 4 is 11.6 Å². The van der Waals surface area contributed by atoms with Crippen molar-refractivity contribution in [1.29, 1.82) is 0 Å². The van der Waals surface area contributed by atoms with Gasteiger partial charge >= 0.3 is 0 Å². The quantitative estimate of drug-likeness (QED) is 0.564. The second-order valence-corrected chi connectivity index (χ2v) is 5.05. The average Bonchev–Trinajstić information content (AvgIpc) is 2.43. The van der Waals surface area contributed by atoms with E-state index in [1.54, 1.807) is 0 Å². The van der Waals surface area contributed by atoms with Gasteiger partial charge in [0.05, 0.1) is 6.61 Å². The van der Waals surface area contributed by atoms with Gasteiger partial charge < -0.3 is 15.5 Å². The maximum absolute atomic E-state index is 5.52. The van der Waals surface area contributed by atoms with E-state index in [0.29, 0.717) is 17.8 Å². The van der Waals surface area contributed by atoms with Gasteiger partial charge in [0.25, 0.3) is 0 Å². The van der Waals surface area contributed by atoms with Crippen LogP contribution < -0.4 is 16.6 Å². The molecule has 0 aromatic carbocycles. The third kappa shape index (κ3) is 3.13. The number of nitrogens with two attached hydrogens (primary N) is 1. The Balaban J connectivity index is 2.22. The molecule has 2 heterocycles. The second kappa shape index (κ2) is 6.16. The van der Waals surface area contributed by atoms with Crippen LogP contribution in [0.25, 0.3) is 0 Å². The van der Waals surface area contributed by atoms with Gasteiger partial charge in [0.15, 0.2) is 0 Å². The monoisotopic (exact) mass is 265 g/mol. The number of hydrogen-bond acceptors (Lipinski definition) is 6. The van der Waals surface area contributed by atoms with Crippen LogP contribution in [0.15, 0.2) is 0 Å². The van der Waals surface area contributed by atoms with E-state index in [1.165, 1.54) is 0 Å². The Morgan fingerprint density at radius 1 is 1.37 bits per heavy atom. The van der Waals surface area contributed by atoms with E-state index < -0.39 is 0 Å². The zero-order valence-electron chi connectivity index (χ0n) is 11.9. The van der Waals surface area contributed by atoms with E-state index in [2.05, 4.69) is 27.6 Å². The Labute approximate surface area is 114 Å². The smallest absolute Gasteiger partial charge is 0.148 e. The summed E-state index contributed by atoms with van der Waals surface area (Å²) in [5, 5.41) is 3.52. The molecule has 1 aromatic heterocycles. The van der Waals surface area contributed by atoms with Gasteiger partial charge in [-0.05, 0) is 19.3 Å². The first-order valence-corrected chi connectivity index (χ1v) is 6.84. The van der Waals surface area contributed by atoms with Gasteiger partial charge in [0.2, 0.25) is 0 Å². The van der Waals surface area contributed by atoms with E-state index in [9.17, 15) is 0 Å². The maximum atomic E-state index is 5.52.